The predicted octanol–water partition coefficient (Wildman–Crippen LogP) is 2.64. The van der Waals surface area contributed by atoms with E-state index in [0.29, 0.717) is 11.8 Å². The Morgan fingerprint density at radius 1 is 1.00 bits per heavy atom. The molecule has 1 fully saturated rings. The SMILES string of the molecule is O=C(OCCOC(=O)[C@@H]1C[C@H]2C=C[C@H]1C2)[C@@H]1CC=CCC1. The lowest BCUT2D eigenvalue weighted by atomic mass is 9.94. The van der Waals surface area contributed by atoms with Crippen LogP contribution in [0.2, 0.25) is 0 Å². The van der Waals surface area contributed by atoms with Gasteiger partial charge in [0.05, 0.1) is 11.8 Å². The van der Waals surface area contributed by atoms with Gasteiger partial charge in [0.15, 0.2) is 0 Å². The van der Waals surface area contributed by atoms with Crippen LogP contribution in [0.5, 0.6) is 0 Å². The minimum atomic E-state index is -0.168. The molecular weight excluding hydrogens is 268 g/mol. The third-order valence-electron chi connectivity index (χ3n) is 4.76. The van der Waals surface area contributed by atoms with Crippen LogP contribution in [0, 0.1) is 23.7 Å². The van der Waals surface area contributed by atoms with Gasteiger partial charge in [-0.25, -0.2) is 0 Å². The highest BCUT2D eigenvalue weighted by molar-refractivity contribution is 5.74. The lowest BCUT2D eigenvalue weighted by Gasteiger charge is -2.18. The van der Waals surface area contributed by atoms with E-state index >= 15 is 0 Å². The molecule has 0 spiro atoms. The first-order chi connectivity index (χ1) is 10.2. The molecule has 0 heterocycles. The van der Waals surface area contributed by atoms with Crippen LogP contribution in [0.15, 0.2) is 24.3 Å². The molecule has 3 rings (SSSR count). The first-order valence-electron chi connectivity index (χ1n) is 7.90. The first-order valence-corrected chi connectivity index (χ1v) is 7.90. The van der Waals surface area contributed by atoms with Gasteiger partial charge in [-0.2, -0.15) is 0 Å². The Kier molecular flexibility index (Phi) is 4.42. The second kappa shape index (κ2) is 6.46. The van der Waals surface area contributed by atoms with Crippen LogP contribution in [-0.4, -0.2) is 25.2 Å². The van der Waals surface area contributed by atoms with E-state index in [-0.39, 0.29) is 37.0 Å². The molecular formula is C17H22O4. The molecule has 3 aliphatic rings. The molecule has 0 radical (unpaired) electrons. The smallest absolute Gasteiger partial charge is 0.309 e. The van der Waals surface area contributed by atoms with Gasteiger partial charge in [0.2, 0.25) is 0 Å². The Hall–Kier alpha value is -1.58. The molecule has 0 aromatic rings. The highest BCUT2D eigenvalue weighted by atomic mass is 16.6. The summed E-state index contributed by atoms with van der Waals surface area (Å²) in [4.78, 5) is 23.8. The van der Waals surface area contributed by atoms with Crippen LogP contribution in [0.25, 0.3) is 0 Å². The normalized spacial score (nSPS) is 33.1. The van der Waals surface area contributed by atoms with Crippen molar-refractivity contribution >= 4 is 11.9 Å². The molecule has 4 atom stereocenters. The molecule has 21 heavy (non-hydrogen) atoms. The van der Waals surface area contributed by atoms with Crippen molar-refractivity contribution in [3.8, 4) is 0 Å². The molecule has 0 aliphatic heterocycles. The summed E-state index contributed by atoms with van der Waals surface area (Å²) in [5.74, 6) is 0.603. The van der Waals surface area contributed by atoms with Crippen LogP contribution >= 0.6 is 0 Å². The van der Waals surface area contributed by atoms with E-state index < -0.39 is 0 Å². The minimum Gasteiger partial charge on any atom is -0.462 e. The summed E-state index contributed by atoms with van der Waals surface area (Å²) in [5.41, 5.74) is 0. The molecule has 1 saturated carbocycles. The summed E-state index contributed by atoms with van der Waals surface area (Å²) >= 11 is 0. The van der Waals surface area contributed by atoms with E-state index in [4.69, 9.17) is 9.47 Å². The molecule has 114 valence electrons. The molecule has 0 saturated heterocycles. The Labute approximate surface area is 125 Å². The van der Waals surface area contributed by atoms with Gasteiger partial charge in [-0.15, -0.1) is 0 Å². The third-order valence-corrected chi connectivity index (χ3v) is 4.76. The highest BCUT2D eigenvalue weighted by Crippen LogP contribution is 2.43. The average molecular weight is 290 g/mol. The summed E-state index contributed by atoms with van der Waals surface area (Å²) in [7, 11) is 0. The zero-order valence-corrected chi connectivity index (χ0v) is 12.2. The second-order valence-corrected chi connectivity index (χ2v) is 6.20. The number of hydrogen-bond donors (Lipinski definition) is 0. The molecule has 4 nitrogen and oxygen atoms in total. The monoisotopic (exact) mass is 290 g/mol. The van der Waals surface area contributed by atoms with Crippen molar-refractivity contribution in [3.63, 3.8) is 0 Å². The lowest BCUT2D eigenvalue weighted by Crippen LogP contribution is -2.25. The predicted molar refractivity (Wildman–Crippen MR) is 77.2 cm³/mol. The number of ether oxygens (including phenoxy) is 2. The van der Waals surface area contributed by atoms with E-state index in [0.717, 1.165) is 32.1 Å². The van der Waals surface area contributed by atoms with Crippen LogP contribution < -0.4 is 0 Å². The van der Waals surface area contributed by atoms with Crippen molar-refractivity contribution in [1.82, 2.24) is 0 Å². The van der Waals surface area contributed by atoms with Gasteiger partial charge in [0.25, 0.3) is 0 Å². The van der Waals surface area contributed by atoms with E-state index in [1.165, 1.54) is 0 Å². The number of esters is 2. The van der Waals surface area contributed by atoms with Gasteiger partial charge >= 0.3 is 11.9 Å². The maximum Gasteiger partial charge on any atom is 0.309 e. The van der Waals surface area contributed by atoms with Crippen LogP contribution in [0.3, 0.4) is 0 Å². The second-order valence-electron chi connectivity index (χ2n) is 6.20. The van der Waals surface area contributed by atoms with Gasteiger partial charge in [0.1, 0.15) is 13.2 Å². The Morgan fingerprint density at radius 2 is 1.81 bits per heavy atom. The van der Waals surface area contributed by atoms with Crippen LogP contribution in [0.4, 0.5) is 0 Å². The minimum absolute atomic E-state index is 0.0131. The first kappa shape index (κ1) is 14.4. The summed E-state index contributed by atoms with van der Waals surface area (Å²) in [5, 5.41) is 0. The van der Waals surface area contributed by atoms with Gasteiger partial charge in [-0.3, -0.25) is 9.59 Å². The molecule has 0 N–H and O–H groups in total. The Morgan fingerprint density at radius 3 is 2.43 bits per heavy atom. The van der Waals surface area contributed by atoms with Crippen molar-refractivity contribution < 1.29 is 19.1 Å². The largest absolute Gasteiger partial charge is 0.462 e. The number of rotatable bonds is 5. The molecule has 4 heteroatoms. The maximum atomic E-state index is 12.0. The highest BCUT2D eigenvalue weighted by Gasteiger charge is 2.40. The Bertz CT molecular complexity index is 465. The van der Waals surface area contributed by atoms with E-state index in [2.05, 4.69) is 18.2 Å². The zero-order chi connectivity index (χ0) is 14.7. The molecule has 0 aromatic carbocycles. The van der Waals surface area contributed by atoms with Gasteiger partial charge in [-0.05, 0) is 43.9 Å². The number of carbonyl (C=O) groups is 2. The van der Waals surface area contributed by atoms with Crippen molar-refractivity contribution in [2.24, 2.45) is 23.7 Å². The Balaban J connectivity index is 1.33. The molecule has 0 aromatic heterocycles. The fourth-order valence-electron chi connectivity index (χ4n) is 3.57. The average Bonchev–Trinajstić information content (AvgIpc) is 3.15. The third kappa shape index (κ3) is 3.36. The summed E-state index contributed by atoms with van der Waals surface area (Å²) in [6.07, 6.45) is 13.0. The molecule has 0 amide bonds. The van der Waals surface area contributed by atoms with E-state index in [1.54, 1.807) is 0 Å². The van der Waals surface area contributed by atoms with Crippen molar-refractivity contribution in [1.29, 1.82) is 0 Å². The van der Waals surface area contributed by atoms with Gasteiger partial charge in [0, 0.05) is 0 Å². The standard InChI is InChI=1S/C17H22O4/c18-16(13-4-2-1-3-5-13)20-8-9-21-17(19)15-11-12-6-7-14(15)10-12/h1-2,6-7,12-15H,3-5,8-11H2/t12-,13+,14-,15+/m0/s1. The van der Waals surface area contributed by atoms with Gasteiger partial charge in [-0.1, -0.05) is 24.3 Å². The quantitative estimate of drug-likeness (QED) is 0.444. The zero-order valence-electron chi connectivity index (χ0n) is 12.2. The van der Waals surface area contributed by atoms with Crippen molar-refractivity contribution in [2.75, 3.05) is 13.2 Å². The van der Waals surface area contributed by atoms with Crippen LogP contribution in [-0.2, 0) is 19.1 Å². The maximum absolute atomic E-state index is 12.0. The number of hydrogen-bond acceptors (Lipinski definition) is 4. The van der Waals surface area contributed by atoms with Crippen LogP contribution in [0.1, 0.15) is 32.1 Å². The van der Waals surface area contributed by atoms with E-state index in [1.807, 2.05) is 6.08 Å². The lowest BCUT2D eigenvalue weighted by molar-refractivity contribution is -0.158. The fourth-order valence-corrected chi connectivity index (χ4v) is 3.57. The summed E-state index contributed by atoms with van der Waals surface area (Å²) in [6, 6.07) is 0. The van der Waals surface area contributed by atoms with Crippen molar-refractivity contribution in [3.05, 3.63) is 24.3 Å². The molecule has 3 aliphatic carbocycles. The van der Waals surface area contributed by atoms with Gasteiger partial charge < -0.3 is 9.47 Å². The molecule has 2 bridgehead atoms. The summed E-state index contributed by atoms with van der Waals surface area (Å²) < 4.78 is 10.4. The molecule has 0 unspecified atom stereocenters. The number of fused-ring (bicyclic) bond motifs is 2. The fraction of sp³-hybridized carbons (Fsp3) is 0.647. The number of carbonyl (C=O) groups excluding carboxylic acids is 2. The summed E-state index contributed by atoms with van der Waals surface area (Å²) in [6.45, 7) is 0.339. The van der Waals surface area contributed by atoms with E-state index in [9.17, 15) is 9.59 Å². The van der Waals surface area contributed by atoms with Crippen molar-refractivity contribution in [2.45, 2.75) is 32.1 Å². The topological polar surface area (TPSA) is 52.6 Å². The number of allylic oxidation sites excluding steroid dienone is 4.